The summed E-state index contributed by atoms with van der Waals surface area (Å²) in [5, 5.41) is 2.47. The average molecular weight is 353 g/mol. The molecule has 0 aliphatic rings. The predicted molar refractivity (Wildman–Crippen MR) is 77.9 cm³/mol. The van der Waals surface area contributed by atoms with E-state index in [4.69, 9.17) is 5.73 Å². The van der Waals surface area contributed by atoms with Crippen LogP contribution in [0.25, 0.3) is 0 Å². The first-order chi connectivity index (χ1) is 10.6. The van der Waals surface area contributed by atoms with E-state index in [2.05, 4.69) is 5.32 Å². The summed E-state index contributed by atoms with van der Waals surface area (Å²) in [5.41, 5.74) is 4.29. The highest BCUT2D eigenvalue weighted by molar-refractivity contribution is 7.89. The second-order valence-corrected chi connectivity index (χ2v) is 6.76. The molecule has 1 rings (SSSR count). The summed E-state index contributed by atoms with van der Waals surface area (Å²) in [4.78, 5) is 10.9. The zero-order chi connectivity index (χ0) is 17.7. The van der Waals surface area contributed by atoms with Gasteiger partial charge in [-0.1, -0.05) is 13.0 Å². The number of nitrogens with two attached hydrogens (primary N) is 1. The van der Waals surface area contributed by atoms with Crippen LogP contribution in [0.2, 0.25) is 0 Å². The molecule has 1 aromatic rings. The minimum atomic E-state index is -4.65. The smallest absolute Gasteiger partial charge is 0.355 e. The minimum Gasteiger partial charge on any atom is -0.355 e. The Hall–Kier alpha value is -1.65. The van der Waals surface area contributed by atoms with E-state index in [1.54, 1.807) is 6.92 Å². The lowest BCUT2D eigenvalue weighted by molar-refractivity contribution is -0.137. The molecule has 0 saturated carbocycles. The molecule has 0 aliphatic heterocycles. The number of rotatable bonds is 7. The first-order valence-electron chi connectivity index (χ1n) is 6.70. The van der Waals surface area contributed by atoms with Gasteiger partial charge in [-0.05, 0) is 30.7 Å². The van der Waals surface area contributed by atoms with Gasteiger partial charge >= 0.3 is 6.18 Å². The van der Waals surface area contributed by atoms with Crippen molar-refractivity contribution >= 4 is 15.9 Å². The van der Waals surface area contributed by atoms with E-state index in [1.165, 1.54) is 0 Å². The Balaban J connectivity index is 2.71. The van der Waals surface area contributed by atoms with E-state index in [0.717, 1.165) is 18.2 Å². The Labute approximate surface area is 132 Å². The summed E-state index contributed by atoms with van der Waals surface area (Å²) in [6, 6.07) is 3.28. The van der Waals surface area contributed by atoms with Gasteiger partial charge < -0.3 is 11.1 Å². The number of amides is 1. The highest BCUT2D eigenvalue weighted by Gasteiger charge is 2.31. The Morgan fingerprint density at radius 1 is 1.35 bits per heavy atom. The molecule has 1 unspecified atom stereocenters. The lowest BCUT2D eigenvalue weighted by Gasteiger charge is -2.12. The molecular formula is C13H18F3N3O3S. The second-order valence-electron chi connectivity index (χ2n) is 5.00. The lowest BCUT2D eigenvalue weighted by atomic mass is 10.2. The van der Waals surface area contributed by atoms with Crippen LogP contribution in [0.15, 0.2) is 29.2 Å². The van der Waals surface area contributed by atoms with Crippen LogP contribution in [0.1, 0.15) is 12.5 Å². The molecule has 1 aromatic carbocycles. The van der Waals surface area contributed by atoms with Crippen LogP contribution in [0.3, 0.4) is 0 Å². The lowest BCUT2D eigenvalue weighted by Crippen LogP contribution is -2.39. The standard InChI is InChI=1S/C13H18F3N3O3S/c1-9(6-17)7-18-12(20)8-19-23(21,22)11-4-2-3-10(5-11)13(14,15)16/h2-5,9,19H,6-8,17H2,1H3,(H,18,20). The fourth-order valence-electron chi connectivity index (χ4n) is 1.52. The molecule has 6 nitrogen and oxygen atoms in total. The largest absolute Gasteiger partial charge is 0.416 e. The van der Waals surface area contributed by atoms with Crippen LogP contribution in [0.5, 0.6) is 0 Å². The van der Waals surface area contributed by atoms with E-state index in [1.807, 2.05) is 4.72 Å². The number of hydrogen-bond donors (Lipinski definition) is 3. The molecule has 0 heterocycles. The molecule has 0 radical (unpaired) electrons. The molecule has 0 saturated heterocycles. The van der Waals surface area contributed by atoms with Crippen molar-refractivity contribution in [3.8, 4) is 0 Å². The monoisotopic (exact) mass is 353 g/mol. The van der Waals surface area contributed by atoms with Gasteiger partial charge in [0.25, 0.3) is 0 Å². The third-order valence-electron chi connectivity index (χ3n) is 2.94. The van der Waals surface area contributed by atoms with Gasteiger partial charge in [0, 0.05) is 6.54 Å². The topological polar surface area (TPSA) is 101 Å². The van der Waals surface area contributed by atoms with Crippen molar-refractivity contribution in [3.63, 3.8) is 0 Å². The van der Waals surface area contributed by atoms with Crippen molar-refractivity contribution in [3.05, 3.63) is 29.8 Å². The van der Waals surface area contributed by atoms with Crippen LogP contribution in [0, 0.1) is 5.92 Å². The predicted octanol–water partition coefficient (Wildman–Crippen LogP) is 0.695. The van der Waals surface area contributed by atoms with Crippen LogP contribution in [-0.2, 0) is 21.0 Å². The van der Waals surface area contributed by atoms with Gasteiger partial charge in [0.1, 0.15) is 0 Å². The van der Waals surface area contributed by atoms with Gasteiger partial charge in [-0.25, -0.2) is 13.1 Å². The summed E-state index contributed by atoms with van der Waals surface area (Å²) >= 11 is 0. The molecule has 0 aliphatic carbocycles. The van der Waals surface area contributed by atoms with Gasteiger partial charge in [-0.2, -0.15) is 13.2 Å². The molecule has 0 aromatic heterocycles. The molecule has 0 bridgehead atoms. The Kier molecular flexibility index (Phi) is 6.54. The van der Waals surface area contributed by atoms with Crippen molar-refractivity contribution in [2.24, 2.45) is 11.7 Å². The summed E-state index contributed by atoms with van der Waals surface area (Å²) in [7, 11) is -4.22. The minimum absolute atomic E-state index is 0.0269. The number of alkyl halides is 3. The van der Waals surface area contributed by atoms with E-state index >= 15 is 0 Å². The maximum atomic E-state index is 12.6. The summed E-state index contributed by atoms with van der Waals surface area (Å²) in [6.07, 6.45) is -4.65. The first kappa shape index (κ1) is 19.4. The van der Waals surface area contributed by atoms with Crippen LogP contribution >= 0.6 is 0 Å². The third kappa shape index (κ3) is 6.16. The van der Waals surface area contributed by atoms with Gasteiger partial charge in [0.15, 0.2) is 0 Å². The molecule has 1 amide bonds. The second kappa shape index (κ2) is 7.75. The Morgan fingerprint density at radius 3 is 2.57 bits per heavy atom. The van der Waals surface area contributed by atoms with Crippen LogP contribution in [-0.4, -0.2) is 34.0 Å². The zero-order valence-corrected chi connectivity index (χ0v) is 13.2. The SMILES string of the molecule is CC(CN)CNC(=O)CNS(=O)(=O)c1cccc(C(F)(F)F)c1. The first-order valence-corrected chi connectivity index (χ1v) is 8.18. The van der Waals surface area contributed by atoms with E-state index in [0.29, 0.717) is 12.6 Å². The fourth-order valence-corrected chi connectivity index (χ4v) is 2.54. The quantitative estimate of drug-likeness (QED) is 0.671. The molecule has 10 heteroatoms. The van der Waals surface area contributed by atoms with E-state index < -0.39 is 39.1 Å². The molecule has 4 N–H and O–H groups in total. The molecule has 1 atom stereocenters. The van der Waals surface area contributed by atoms with Crippen molar-refractivity contribution < 1.29 is 26.4 Å². The molecular weight excluding hydrogens is 335 g/mol. The number of hydrogen-bond acceptors (Lipinski definition) is 4. The van der Waals surface area contributed by atoms with Crippen LogP contribution in [0.4, 0.5) is 13.2 Å². The summed E-state index contributed by atoms with van der Waals surface area (Å²) in [6.45, 7) is 1.86. The number of carbonyl (C=O) groups is 1. The number of halogens is 3. The zero-order valence-electron chi connectivity index (χ0n) is 12.4. The number of sulfonamides is 1. The van der Waals surface area contributed by atoms with Crippen molar-refractivity contribution in [1.82, 2.24) is 10.0 Å². The summed E-state index contributed by atoms with van der Waals surface area (Å²) < 4.78 is 63.6. The highest BCUT2D eigenvalue weighted by Crippen LogP contribution is 2.30. The molecule has 0 fully saturated rings. The van der Waals surface area contributed by atoms with Gasteiger partial charge in [0.2, 0.25) is 15.9 Å². The third-order valence-corrected chi connectivity index (χ3v) is 4.34. The molecule has 130 valence electrons. The Morgan fingerprint density at radius 2 is 2.00 bits per heavy atom. The van der Waals surface area contributed by atoms with E-state index in [-0.39, 0.29) is 12.5 Å². The number of nitrogens with one attached hydrogen (secondary N) is 2. The maximum Gasteiger partial charge on any atom is 0.416 e. The van der Waals surface area contributed by atoms with Crippen molar-refractivity contribution in [2.75, 3.05) is 19.6 Å². The number of benzene rings is 1. The normalized spacial score (nSPS) is 13.6. The van der Waals surface area contributed by atoms with E-state index in [9.17, 15) is 26.4 Å². The van der Waals surface area contributed by atoms with Gasteiger partial charge in [-0.3, -0.25) is 4.79 Å². The van der Waals surface area contributed by atoms with Crippen molar-refractivity contribution in [1.29, 1.82) is 0 Å². The molecule has 0 spiro atoms. The highest BCUT2D eigenvalue weighted by atomic mass is 32.2. The van der Waals surface area contributed by atoms with Crippen LogP contribution < -0.4 is 15.8 Å². The summed E-state index contributed by atoms with van der Waals surface area (Å²) in [5.74, 6) is -0.570. The maximum absolute atomic E-state index is 12.6. The molecule has 23 heavy (non-hydrogen) atoms. The van der Waals surface area contributed by atoms with Crippen molar-refractivity contribution in [2.45, 2.75) is 18.0 Å². The fraction of sp³-hybridized carbons (Fsp3) is 0.462. The van der Waals surface area contributed by atoms with Gasteiger partial charge in [0.05, 0.1) is 17.0 Å². The Bertz CT molecular complexity index is 647. The van der Waals surface area contributed by atoms with Gasteiger partial charge in [-0.15, -0.1) is 0 Å². The average Bonchev–Trinajstić information content (AvgIpc) is 2.50. The number of carbonyl (C=O) groups excluding carboxylic acids is 1.